The van der Waals surface area contributed by atoms with Gasteiger partial charge in [-0.05, 0) is 30.4 Å². The molecule has 2 bridgehead atoms. The molecule has 0 aliphatic heterocycles. The Morgan fingerprint density at radius 3 is 2.12 bits per heavy atom. The Morgan fingerprint density at radius 2 is 1.58 bits per heavy atom. The third-order valence-corrected chi connectivity index (χ3v) is 5.45. The van der Waals surface area contributed by atoms with E-state index in [2.05, 4.69) is 5.32 Å². The second-order valence-electron chi connectivity index (χ2n) is 6.66. The molecule has 24 heavy (non-hydrogen) atoms. The van der Waals surface area contributed by atoms with E-state index in [0.29, 0.717) is 0 Å². The zero-order chi connectivity index (χ0) is 17.0. The first kappa shape index (κ1) is 15.2. The molecule has 3 aliphatic rings. The summed E-state index contributed by atoms with van der Waals surface area (Å²) in [5.74, 6) is -5.11. The number of halogens is 2. The molecule has 4 atom stereocenters. The number of Topliss-reactive ketones (excluding diaryl/α,β-unsaturated/α-hetero) is 2. The zero-order valence-corrected chi connectivity index (χ0v) is 12.7. The minimum Gasteiger partial charge on any atom is -0.351 e. The fraction of sp³-hybridized carbons (Fsp3) is 0.389. The van der Waals surface area contributed by atoms with Crippen LogP contribution in [0.15, 0.2) is 30.4 Å². The summed E-state index contributed by atoms with van der Waals surface area (Å²) in [5.41, 5.74) is -0.286. The molecule has 0 spiro atoms. The van der Waals surface area contributed by atoms with E-state index in [-0.39, 0.29) is 29.0 Å². The predicted octanol–water partition coefficient (Wildman–Crippen LogP) is 1.79. The minimum absolute atomic E-state index is 0.0401. The number of hydrogen-bond donors (Lipinski definition) is 1. The van der Waals surface area contributed by atoms with Gasteiger partial charge in [0.05, 0.1) is 0 Å². The topological polar surface area (TPSA) is 63.2 Å². The van der Waals surface area contributed by atoms with Crippen molar-refractivity contribution in [2.75, 3.05) is 0 Å². The first-order valence-corrected chi connectivity index (χ1v) is 7.95. The van der Waals surface area contributed by atoms with Crippen molar-refractivity contribution in [3.8, 4) is 0 Å². The van der Waals surface area contributed by atoms with Crippen molar-refractivity contribution < 1.29 is 23.2 Å². The van der Waals surface area contributed by atoms with Crippen LogP contribution in [-0.4, -0.2) is 17.5 Å². The van der Waals surface area contributed by atoms with E-state index in [1.165, 1.54) is 6.07 Å². The van der Waals surface area contributed by atoms with Gasteiger partial charge < -0.3 is 5.32 Å². The molecule has 1 amide bonds. The molecule has 1 aromatic rings. The Labute approximate surface area is 136 Å². The van der Waals surface area contributed by atoms with Gasteiger partial charge in [0, 0.05) is 23.9 Å². The fourth-order valence-corrected chi connectivity index (χ4v) is 4.36. The number of carbonyl (C=O) groups excluding carboxylic acids is 3. The van der Waals surface area contributed by atoms with Crippen LogP contribution in [-0.2, 0) is 20.9 Å². The number of fused-ring (bicyclic) bond motifs is 5. The number of ketones is 2. The van der Waals surface area contributed by atoms with Crippen LogP contribution in [0.25, 0.3) is 0 Å². The lowest BCUT2D eigenvalue weighted by molar-refractivity contribution is -0.138. The summed E-state index contributed by atoms with van der Waals surface area (Å²) >= 11 is 0. The molecule has 1 aromatic carbocycles. The maximum absolute atomic E-state index is 13.6. The van der Waals surface area contributed by atoms with Crippen LogP contribution in [0.2, 0.25) is 0 Å². The van der Waals surface area contributed by atoms with Crippen molar-refractivity contribution in [3.05, 3.63) is 47.5 Å². The van der Waals surface area contributed by atoms with Crippen molar-refractivity contribution in [1.29, 1.82) is 0 Å². The first-order chi connectivity index (χ1) is 11.5. The van der Waals surface area contributed by atoms with E-state index in [1.807, 2.05) is 12.2 Å². The quantitative estimate of drug-likeness (QED) is 0.678. The summed E-state index contributed by atoms with van der Waals surface area (Å²) in [7, 11) is 0. The van der Waals surface area contributed by atoms with Crippen molar-refractivity contribution >= 4 is 17.5 Å². The predicted molar refractivity (Wildman–Crippen MR) is 79.4 cm³/mol. The molecule has 3 aliphatic carbocycles. The summed E-state index contributed by atoms with van der Waals surface area (Å²) in [6, 6.07) is 3.40. The average Bonchev–Trinajstić information content (AvgIpc) is 3.21. The number of carbonyl (C=O) groups is 3. The Morgan fingerprint density at radius 1 is 1.04 bits per heavy atom. The van der Waals surface area contributed by atoms with Crippen LogP contribution in [0.4, 0.5) is 8.78 Å². The molecule has 2 fully saturated rings. The van der Waals surface area contributed by atoms with Gasteiger partial charge in [0.2, 0.25) is 5.91 Å². The summed E-state index contributed by atoms with van der Waals surface area (Å²) in [5, 5.41) is 2.34. The second-order valence-corrected chi connectivity index (χ2v) is 6.66. The van der Waals surface area contributed by atoms with Crippen molar-refractivity contribution in [2.45, 2.75) is 13.0 Å². The number of rotatable bonds is 3. The molecular formula is C18H15F2NO3. The van der Waals surface area contributed by atoms with Gasteiger partial charge in [0.1, 0.15) is 11.6 Å². The standard InChI is InChI=1S/C18H15F2NO3/c19-11-2-1-3-12(20)10(11)7-21-18(24)15-16(22)13-8-4-5-9(6-8)14(13)17(15)23/h1-5,8-9,13-15H,6-7H2,(H,21,24). The molecule has 4 rings (SSSR count). The van der Waals surface area contributed by atoms with Crippen molar-refractivity contribution in [2.24, 2.45) is 29.6 Å². The molecule has 1 N–H and O–H groups in total. The van der Waals surface area contributed by atoms with Crippen LogP contribution < -0.4 is 5.32 Å². The Hall–Kier alpha value is -2.37. The molecular weight excluding hydrogens is 316 g/mol. The normalized spacial score (nSPS) is 33.2. The fourth-order valence-electron chi connectivity index (χ4n) is 4.36. The van der Waals surface area contributed by atoms with Crippen LogP contribution in [0.5, 0.6) is 0 Å². The lowest BCUT2D eigenvalue weighted by Gasteiger charge is -2.16. The molecule has 124 valence electrons. The van der Waals surface area contributed by atoms with Gasteiger partial charge in [0.15, 0.2) is 17.5 Å². The molecule has 0 saturated heterocycles. The van der Waals surface area contributed by atoms with E-state index in [1.54, 1.807) is 0 Å². The second kappa shape index (κ2) is 5.33. The van der Waals surface area contributed by atoms with Crippen molar-refractivity contribution in [1.82, 2.24) is 5.32 Å². The monoisotopic (exact) mass is 331 g/mol. The Kier molecular flexibility index (Phi) is 3.37. The molecule has 4 unspecified atom stereocenters. The highest BCUT2D eigenvalue weighted by atomic mass is 19.1. The lowest BCUT2D eigenvalue weighted by Crippen LogP contribution is -2.38. The Bertz CT molecular complexity index is 738. The number of hydrogen-bond acceptors (Lipinski definition) is 3. The Balaban J connectivity index is 1.50. The number of amides is 1. The van der Waals surface area contributed by atoms with Gasteiger partial charge in [-0.1, -0.05) is 18.2 Å². The zero-order valence-electron chi connectivity index (χ0n) is 12.7. The van der Waals surface area contributed by atoms with Crippen LogP contribution in [0.1, 0.15) is 12.0 Å². The van der Waals surface area contributed by atoms with Gasteiger partial charge in [-0.25, -0.2) is 8.78 Å². The highest BCUT2D eigenvalue weighted by Gasteiger charge is 2.61. The molecule has 4 nitrogen and oxygen atoms in total. The third-order valence-electron chi connectivity index (χ3n) is 5.45. The first-order valence-electron chi connectivity index (χ1n) is 7.95. The van der Waals surface area contributed by atoms with Crippen LogP contribution in [0, 0.1) is 41.2 Å². The molecule has 2 saturated carbocycles. The van der Waals surface area contributed by atoms with E-state index in [9.17, 15) is 23.2 Å². The SMILES string of the molecule is O=C(NCc1c(F)cccc1F)C1C(=O)C2C3C=CC(C3)C2C1=O. The smallest absolute Gasteiger partial charge is 0.238 e. The summed E-state index contributed by atoms with van der Waals surface area (Å²) in [6.45, 7) is -0.394. The molecule has 0 radical (unpaired) electrons. The van der Waals surface area contributed by atoms with Gasteiger partial charge in [-0.2, -0.15) is 0 Å². The highest BCUT2D eigenvalue weighted by Crippen LogP contribution is 2.53. The van der Waals surface area contributed by atoms with Gasteiger partial charge in [-0.3, -0.25) is 14.4 Å². The largest absolute Gasteiger partial charge is 0.351 e. The minimum atomic E-state index is -1.35. The lowest BCUT2D eigenvalue weighted by atomic mass is 9.85. The van der Waals surface area contributed by atoms with Gasteiger partial charge in [0.25, 0.3) is 0 Å². The van der Waals surface area contributed by atoms with E-state index in [4.69, 9.17) is 0 Å². The van der Waals surface area contributed by atoms with E-state index in [0.717, 1.165) is 18.6 Å². The van der Waals surface area contributed by atoms with E-state index >= 15 is 0 Å². The molecule has 6 heteroatoms. The maximum atomic E-state index is 13.6. The molecule has 0 heterocycles. The number of allylic oxidation sites excluding steroid dienone is 2. The third kappa shape index (κ3) is 2.05. The molecule has 0 aromatic heterocycles. The van der Waals surface area contributed by atoms with Crippen molar-refractivity contribution in [3.63, 3.8) is 0 Å². The average molecular weight is 331 g/mol. The van der Waals surface area contributed by atoms with Crippen LogP contribution in [0.3, 0.4) is 0 Å². The van der Waals surface area contributed by atoms with Crippen LogP contribution >= 0.6 is 0 Å². The number of nitrogens with one attached hydrogen (secondary N) is 1. The van der Waals surface area contributed by atoms with E-state index < -0.39 is 41.8 Å². The van der Waals surface area contributed by atoms with Gasteiger partial charge in [-0.15, -0.1) is 0 Å². The summed E-state index contributed by atoms with van der Waals surface area (Å²) < 4.78 is 27.2. The summed E-state index contributed by atoms with van der Waals surface area (Å²) in [6.07, 6.45) is 4.69. The maximum Gasteiger partial charge on any atom is 0.238 e. The summed E-state index contributed by atoms with van der Waals surface area (Å²) in [4.78, 5) is 37.3. The number of benzene rings is 1. The highest BCUT2D eigenvalue weighted by molar-refractivity contribution is 6.25. The van der Waals surface area contributed by atoms with Gasteiger partial charge >= 0.3 is 0 Å².